The molecule has 0 spiro atoms. The molecule has 7 heteroatoms. The molecule has 0 radical (unpaired) electrons. The molecule has 0 saturated heterocycles. The topological polar surface area (TPSA) is 100 Å². The molecule has 0 aliphatic heterocycles. The first-order valence-corrected chi connectivity index (χ1v) is 13.2. The quantitative estimate of drug-likeness (QED) is 0.109. The molecule has 0 saturated carbocycles. The first kappa shape index (κ1) is 28.7. The fourth-order valence-electron chi connectivity index (χ4n) is 4.24. The standard InChI is InChI=1S/C34H27FN2O4/c35-21-30-20-28(10-11-29(30)23-37)27-14-18-32(19-15-27)41-34(39)5-3-1-2-4-33(38)40-31-16-12-26(13-17-31)25-8-6-24(22-36)7-9-25/h6-20H,1-5,21H2. The van der Waals surface area contributed by atoms with Gasteiger partial charge in [-0.05, 0) is 83.6 Å². The Morgan fingerprint density at radius 1 is 0.610 bits per heavy atom. The Morgan fingerprint density at radius 3 is 1.54 bits per heavy atom. The van der Waals surface area contributed by atoms with Gasteiger partial charge in [-0.3, -0.25) is 9.59 Å². The minimum Gasteiger partial charge on any atom is -0.427 e. The third kappa shape index (κ3) is 8.11. The lowest BCUT2D eigenvalue weighted by Crippen LogP contribution is -2.09. The minimum absolute atomic E-state index is 0.225. The van der Waals surface area contributed by atoms with Gasteiger partial charge in [-0.15, -0.1) is 0 Å². The molecule has 0 amide bonds. The minimum atomic E-state index is -0.719. The van der Waals surface area contributed by atoms with Crippen molar-refractivity contribution in [3.8, 4) is 45.9 Å². The SMILES string of the molecule is N#Cc1ccc(-c2ccc(OC(=O)CCCCCC(=O)Oc3ccc(-c4ccc(C#N)c(CF)c4)cc3)cc2)cc1. The van der Waals surface area contributed by atoms with Crippen LogP contribution in [0, 0.1) is 22.7 Å². The normalized spacial score (nSPS) is 10.3. The van der Waals surface area contributed by atoms with Crippen LogP contribution in [0.1, 0.15) is 48.8 Å². The van der Waals surface area contributed by atoms with Gasteiger partial charge in [0.25, 0.3) is 0 Å². The van der Waals surface area contributed by atoms with Crippen molar-refractivity contribution < 1.29 is 23.5 Å². The Balaban J connectivity index is 1.15. The van der Waals surface area contributed by atoms with E-state index in [0.717, 1.165) is 22.3 Å². The number of rotatable bonds is 11. The van der Waals surface area contributed by atoms with Crippen molar-refractivity contribution >= 4 is 11.9 Å². The lowest BCUT2D eigenvalue weighted by atomic mass is 10.00. The van der Waals surface area contributed by atoms with Crippen molar-refractivity contribution in [3.05, 3.63) is 108 Å². The first-order valence-electron chi connectivity index (χ1n) is 13.2. The van der Waals surface area contributed by atoms with E-state index in [1.807, 2.05) is 30.3 Å². The molecule has 0 aromatic heterocycles. The monoisotopic (exact) mass is 546 g/mol. The number of carbonyl (C=O) groups is 2. The van der Waals surface area contributed by atoms with Gasteiger partial charge < -0.3 is 9.47 Å². The summed E-state index contributed by atoms with van der Waals surface area (Å²) >= 11 is 0. The van der Waals surface area contributed by atoms with E-state index in [1.54, 1.807) is 66.7 Å². The van der Waals surface area contributed by atoms with E-state index in [0.29, 0.717) is 47.5 Å². The number of nitriles is 2. The molecule has 0 aliphatic carbocycles. The number of unbranched alkanes of at least 4 members (excludes halogenated alkanes) is 2. The van der Waals surface area contributed by atoms with Gasteiger partial charge >= 0.3 is 11.9 Å². The molecule has 0 atom stereocenters. The van der Waals surface area contributed by atoms with Crippen LogP contribution in [0.25, 0.3) is 22.3 Å². The molecule has 0 heterocycles. The van der Waals surface area contributed by atoms with E-state index < -0.39 is 6.67 Å². The van der Waals surface area contributed by atoms with E-state index in [1.165, 1.54) is 0 Å². The Hall–Kier alpha value is -5.27. The lowest BCUT2D eigenvalue weighted by Gasteiger charge is -2.08. The van der Waals surface area contributed by atoms with E-state index in [9.17, 15) is 14.0 Å². The van der Waals surface area contributed by atoms with Gasteiger partial charge in [0.15, 0.2) is 0 Å². The predicted molar refractivity (Wildman–Crippen MR) is 152 cm³/mol. The molecule has 4 rings (SSSR count). The van der Waals surface area contributed by atoms with Gasteiger partial charge in [-0.1, -0.05) is 48.9 Å². The van der Waals surface area contributed by atoms with Crippen molar-refractivity contribution in [1.82, 2.24) is 0 Å². The molecule has 0 bridgehead atoms. The Labute approximate surface area is 238 Å². The van der Waals surface area contributed by atoms with Crippen LogP contribution in [0.5, 0.6) is 11.5 Å². The largest absolute Gasteiger partial charge is 0.427 e. The van der Waals surface area contributed by atoms with Crippen LogP contribution in [0.15, 0.2) is 91.0 Å². The molecule has 4 aromatic rings. The third-order valence-electron chi connectivity index (χ3n) is 6.48. The van der Waals surface area contributed by atoms with Crippen LogP contribution in [0.2, 0.25) is 0 Å². The summed E-state index contributed by atoms with van der Waals surface area (Å²) in [5.41, 5.74) is 4.75. The van der Waals surface area contributed by atoms with Crippen LogP contribution < -0.4 is 9.47 Å². The zero-order valence-corrected chi connectivity index (χ0v) is 22.3. The second-order valence-electron chi connectivity index (χ2n) is 9.36. The Bertz CT molecular complexity index is 1580. The summed E-state index contributed by atoms with van der Waals surface area (Å²) in [6, 6.07) is 30.4. The number of ether oxygens (including phenoxy) is 2. The van der Waals surface area contributed by atoms with Crippen molar-refractivity contribution in [2.24, 2.45) is 0 Å². The number of hydrogen-bond acceptors (Lipinski definition) is 6. The molecule has 0 N–H and O–H groups in total. The highest BCUT2D eigenvalue weighted by Gasteiger charge is 2.09. The zero-order chi connectivity index (χ0) is 29.0. The highest BCUT2D eigenvalue weighted by molar-refractivity contribution is 5.74. The fraction of sp³-hybridized carbons (Fsp3) is 0.176. The Kier molecular flexibility index (Phi) is 9.96. The van der Waals surface area contributed by atoms with Crippen molar-refractivity contribution in [2.75, 3.05) is 0 Å². The number of esters is 2. The molecule has 0 aliphatic rings. The highest BCUT2D eigenvalue weighted by atomic mass is 19.1. The van der Waals surface area contributed by atoms with E-state index in [2.05, 4.69) is 6.07 Å². The van der Waals surface area contributed by atoms with Crippen molar-refractivity contribution in [2.45, 2.75) is 38.8 Å². The maximum absolute atomic E-state index is 13.2. The van der Waals surface area contributed by atoms with Gasteiger partial charge in [0.05, 0.1) is 23.3 Å². The summed E-state index contributed by atoms with van der Waals surface area (Å²) in [5, 5.41) is 18.0. The predicted octanol–water partition coefficient (Wildman–Crippen LogP) is 7.69. The van der Waals surface area contributed by atoms with Crippen molar-refractivity contribution in [1.29, 1.82) is 10.5 Å². The Morgan fingerprint density at radius 2 is 1.07 bits per heavy atom. The molecular weight excluding hydrogens is 519 g/mol. The summed E-state index contributed by atoms with van der Waals surface area (Å²) in [4.78, 5) is 24.4. The number of halogens is 1. The number of hydrogen-bond donors (Lipinski definition) is 0. The van der Waals surface area contributed by atoms with E-state index in [-0.39, 0.29) is 24.8 Å². The lowest BCUT2D eigenvalue weighted by molar-refractivity contribution is -0.134. The van der Waals surface area contributed by atoms with Crippen LogP contribution >= 0.6 is 0 Å². The first-order chi connectivity index (χ1) is 20.0. The molecular formula is C34H27FN2O4. The average molecular weight is 547 g/mol. The fourth-order valence-corrected chi connectivity index (χ4v) is 4.24. The summed E-state index contributed by atoms with van der Waals surface area (Å²) in [6.45, 7) is -0.719. The highest BCUT2D eigenvalue weighted by Crippen LogP contribution is 2.26. The molecule has 0 unspecified atom stereocenters. The smallest absolute Gasteiger partial charge is 0.311 e. The molecule has 4 aromatic carbocycles. The molecule has 204 valence electrons. The zero-order valence-electron chi connectivity index (χ0n) is 22.3. The van der Waals surface area contributed by atoms with Gasteiger partial charge in [0, 0.05) is 18.4 Å². The summed E-state index contributed by atoms with van der Waals surface area (Å²) < 4.78 is 24.0. The van der Waals surface area contributed by atoms with Gasteiger partial charge in [0.2, 0.25) is 0 Å². The van der Waals surface area contributed by atoms with Crippen LogP contribution in [-0.4, -0.2) is 11.9 Å². The van der Waals surface area contributed by atoms with E-state index in [4.69, 9.17) is 20.0 Å². The van der Waals surface area contributed by atoms with Crippen LogP contribution in [-0.2, 0) is 16.3 Å². The van der Waals surface area contributed by atoms with Crippen molar-refractivity contribution in [3.63, 3.8) is 0 Å². The second kappa shape index (κ2) is 14.2. The number of nitrogens with zero attached hydrogens (tertiary/aromatic N) is 2. The second-order valence-corrected chi connectivity index (χ2v) is 9.36. The van der Waals surface area contributed by atoms with Gasteiger partial charge in [-0.2, -0.15) is 10.5 Å². The number of alkyl halides is 1. The van der Waals surface area contributed by atoms with Gasteiger partial charge in [-0.25, -0.2) is 4.39 Å². The van der Waals surface area contributed by atoms with Gasteiger partial charge in [0.1, 0.15) is 18.2 Å². The average Bonchev–Trinajstić information content (AvgIpc) is 3.01. The number of carbonyl (C=O) groups excluding carboxylic acids is 2. The number of benzene rings is 4. The van der Waals surface area contributed by atoms with Crippen LogP contribution in [0.4, 0.5) is 4.39 Å². The summed E-state index contributed by atoms with van der Waals surface area (Å²) in [7, 11) is 0. The molecule has 41 heavy (non-hydrogen) atoms. The third-order valence-corrected chi connectivity index (χ3v) is 6.48. The summed E-state index contributed by atoms with van der Waals surface area (Å²) in [6.07, 6.45) is 2.32. The molecule has 0 fully saturated rings. The summed E-state index contributed by atoms with van der Waals surface area (Å²) in [5.74, 6) is 0.177. The maximum Gasteiger partial charge on any atom is 0.311 e. The maximum atomic E-state index is 13.2. The molecule has 6 nitrogen and oxygen atoms in total. The van der Waals surface area contributed by atoms with E-state index >= 15 is 0 Å². The van der Waals surface area contributed by atoms with Crippen LogP contribution in [0.3, 0.4) is 0 Å².